The normalized spacial score (nSPS) is 23.2. The van der Waals surface area contributed by atoms with Crippen LogP contribution in [-0.4, -0.2) is 43.6 Å². The molecule has 0 radical (unpaired) electrons. The zero-order valence-corrected chi connectivity index (χ0v) is 13.1. The van der Waals surface area contributed by atoms with Crippen molar-refractivity contribution in [3.8, 4) is 5.75 Å². The van der Waals surface area contributed by atoms with Crippen molar-refractivity contribution >= 4 is 5.91 Å². The summed E-state index contributed by atoms with van der Waals surface area (Å²) in [6.07, 6.45) is -3.02. The van der Waals surface area contributed by atoms with Crippen molar-refractivity contribution in [2.45, 2.75) is 6.18 Å². The van der Waals surface area contributed by atoms with Crippen LogP contribution in [0.15, 0.2) is 30.9 Å². The van der Waals surface area contributed by atoms with Gasteiger partial charge in [-0.25, -0.2) is 0 Å². The summed E-state index contributed by atoms with van der Waals surface area (Å²) in [6, 6.07) is 3.02. The molecule has 2 aliphatic heterocycles. The summed E-state index contributed by atoms with van der Waals surface area (Å²) in [5, 5.41) is 3.27. The van der Waals surface area contributed by atoms with Crippen LogP contribution >= 0.6 is 0 Å². The van der Waals surface area contributed by atoms with Crippen molar-refractivity contribution in [1.29, 1.82) is 0 Å². The average Bonchev–Trinajstić information content (AvgIpc) is 3.12. The predicted molar refractivity (Wildman–Crippen MR) is 82.9 cm³/mol. The second-order valence-corrected chi connectivity index (χ2v) is 6.20. The van der Waals surface area contributed by atoms with Gasteiger partial charge in [-0.15, -0.1) is 0 Å². The number of carbonyl (C=O) groups excluding carboxylic acids is 1. The van der Waals surface area contributed by atoms with Crippen molar-refractivity contribution in [2.75, 3.05) is 32.8 Å². The van der Waals surface area contributed by atoms with E-state index in [1.807, 2.05) is 0 Å². The highest BCUT2D eigenvalue weighted by Crippen LogP contribution is 2.34. The fourth-order valence-electron chi connectivity index (χ4n) is 3.34. The van der Waals surface area contributed by atoms with Crippen LogP contribution in [0, 0.1) is 11.8 Å². The molecule has 3 rings (SSSR count). The highest BCUT2D eigenvalue weighted by Gasteiger charge is 2.39. The number of benzene rings is 1. The highest BCUT2D eigenvalue weighted by molar-refractivity contribution is 5.97. The Kier molecular flexibility index (Phi) is 4.54. The van der Waals surface area contributed by atoms with Gasteiger partial charge in [-0.1, -0.05) is 12.7 Å². The van der Waals surface area contributed by atoms with Gasteiger partial charge in [0.1, 0.15) is 12.4 Å². The lowest BCUT2D eigenvalue weighted by Gasteiger charge is -2.20. The number of hydrogen-bond acceptors (Lipinski definition) is 3. The number of nitrogens with zero attached hydrogens (tertiary/aromatic N) is 1. The molecule has 1 N–H and O–H groups in total. The number of ether oxygens (including phenoxy) is 1. The van der Waals surface area contributed by atoms with Gasteiger partial charge in [0.15, 0.2) is 0 Å². The molecule has 0 bridgehead atoms. The molecule has 1 aromatic rings. The maximum absolute atomic E-state index is 13.0. The van der Waals surface area contributed by atoms with Gasteiger partial charge in [-0.2, -0.15) is 13.2 Å². The van der Waals surface area contributed by atoms with E-state index in [2.05, 4.69) is 11.9 Å². The SMILES string of the molecule is C=CCOc1ccc(C(F)(F)F)cc1C(=O)N1C[C@H]2CNC[C@H]2C1. The Morgan fingerprint density at radius 2 is 2.00 bits per heavy atom. The van der Waals surface area contributed by atoms with Gasteiger partial charge in [0.25, 0.3) is 5.91 Å². The van der Waals surface area contributed by atoms with Crippen LogP contribution in [0.3, 0.4) is 0 Å². The number of carbonyl (C=O) groups is 1. The summed E-state index contributed by atoms with van der Waals surface area (Å²) < 4.78 is 44.4. The minimum Gasteiger partial charge on any atom is -0.489 e. The zero-order chi connectivity index (χ0) is 17.3. The molecule has 130 valence electrons. The largest absolute Gasteiger partial charge is 0.489 e. The molecule has 2 fully saturated rings. The van der Waals surface area contributed by atoms with Gasteiger partial charge >= 0.3 is 6.18 Å². The Balaban J connectivity index is 1.88. The van der Waals surface area contributed by atoms with Gasteiger partial charge in [0.05, 0.1) is 11.1 Å². The van der Waals surface area contributed by atoms with E-state index in [1.54, 1.807) is 4.90 Å². The smallest absolute Gasteiger partial charge is 0.416 e. The minimum atomic E-state index is -4.50. The Morgan fingerprint density at radius 1 is 1.33 bits per heavy atom. The number of halogens is 3. The topological polar surface area (TPSA) is 41.6 Å². The van der Waals surface area contributed by atoms with Crippen molar-refractivity contribution in [3.63, 3.8) is 0 Å². The van der Waals surface area contributed by atoms with Gasteiger partial charge in [-0.3, -0.25) is 4.79 Å². The van der Waals surface area contributed by atoms with E-state index in [0.717, 1.165) is 25.2 Å². The van der Waals surface area contributed by atoms with E-state index in [1.165, 1.54) is 12.1 Å². The maximum Gasteiger partial charge on any atom is 0.416 e. The molecule has 0 aromatic heterocycles. The second kappa shape index (κ2) is 6.47. The molecule has 2 saturated heterocycles. The monoisotopic (exact) mass is 340 g/mol. The van der Waals surface area contributed by atoms with E-state index in [4.69, 9.17) is 4.74 Å². The Labute approximate surface area is 138 Å². The van der Waals surface area contributed by atoms with E-state index in [9.17, 15) is 18.0 Å². The van der Waals surface area contributed by atoms with Crippen molar-refractivity contribution in [3.05, 3.63) is 42.0 Å². The molecule has 0 aliphatic carbocycles. The molecule has 0 unspecified atom stereocenters. The first-order chi connectivity index (χ1) is 11.4. The predicted octanol–water partition coefficient (Wildman–Crippen LogP) is 2.56. The lowest BCUT2D eigenvalue weighted by Crippen LogP contribution is -2.32. The number of alkyl halides is 3. The molecule has 24 heavy (non-hydrogen) atoms. The van der Waals surface area contributed by atoms with Gasteiger partial charge < -0.3 is 15.0 Å². The first-order valence-corrected chi connectivity index (χ1v) is 7.85. The summed E-state index contributed by atoms with van der Waals surface area (Å²) in [5.74, 6) is 0.493. The first-order valence-electron chi connectivity index (χ1n) is 7.85. The molecule has 1 aromatic carbocycles. The number of hydrogen-bond donors (Lipinski definition) is 1. The quantitative estimate of drug-likeness (QED) is 0.857. The van der Waals surface area contributed by atoms with Crippen molar-refractivity contribution in [2.24, 2.45) is 11.8 Å². The van der Waals surface area contributed by atoms with Crippen LogP contribution in [0.4, 0.5) is 13.2 Å². The number of nitrogens with one attached hydrogen (secondary N) is 1. The summed E-state index contributed by atoms with van der Waals surface area (Å²) in [4.78, 5) is 14.4. The summed E-state index contributed by atoms with van der Waals surface area (Å²) in [5.41, 5.74) is -0.891. The molecule has 1 amide bonds. The van der Waals surface area contributed by atoms with Crippen molar-refractivity contribution < 1.29 is 22.7 Å². The van der Waals surface area contributed by atoms with E-state index in [0.29, 0.717) is 24.9 Å². The lowest BCUT2D eigenvalue weighted by atomic mass is 10.0. The number of rotatable bonds is 4. The third-order valence-electron chi connectivity index (χ3n) is 4.57. The summed E-state index contributed by atoms with van der Waals surface area (Å²) >= 11 is 0. The lowest BCUT2D eigenvalue weighted by molar-refractivity contribution is -0.137. The van der Waals surface area contributed by atoms with Crippen molar-refractivity contribution in [1.82, 2.24) is 10.2 Å². The third kappa shape index (κ3) is 3.26. The fraction of sp³-hybridized carbons (Fsp3) is 0.471. The molecule has 2 atom stereocenters. The molecule has 2 heterocycles. The Morgan fingerprint density at radius 3 is 2.58 bits per heavy atom. The van der Waals surface area contributed by atoms with E-state index in [-0.39, 0.29) is 17.9 Å². The zero-order valence-electron chi connectivity index (χ0n) is 13.1. The molecule has 0 spiro atoms. The minimum absolute atomic E-state index is 0.0420. The van der Waals surface area contributed by atoms with Crippen LogP contribution in [0.25, 0.3) is 0 Å². The van der Waals surface area contributed by atoms with Crippen LogP contribution in [0.5, 0.6) is 5.75 Å². The van der Waals surface area contributed by atoms with Crippen LogP contribution in [-0.2, 0) is 6.18 Å². The summed E-state index contributed by atoms with van der Waals surface area (Å²) in [6.45, 7) is 6.46. The molecule has 7 heteroatoms. The number of amides is 1. The molecular weight excluding hydrogens is 321 g/mol. The van der Waals surface area contributed by atoms with Crippen LogP contribution in [0.2, 0.25) is 0 Å². The highest BCUT2D eigenvalue weighted by atomic mass is 19.4. The van der Waals surface area contributed by atoms with Gasteiger partial charge in [0, 0.05) is 26.2 Å². The van der Waals surface area contributed by atoms with E-state index < -0.39 is 17.6 Å². The standard InChI is InChI=1S/C17H19F3N2O2/c1-2-5-24-15-4-3-13(17(18,19)20)6-14(15)16(23)22-9-11-7-21-8-12(11)10-22/h2-4,6,11-12,21H,1,5,7-10H2/t11-,12+. The second-order valence-electron chi connectivity index (χ2n) is 6.20. The van der Waals surface area contributed by atoms with Crippen LogP contribution < -0.4 is 10.1 Å². The maximum atomic E-state index is 13.0. The molecule has 4 nitrogen and oxygen atoms in total. The average molecular weight is 340 g/mol. The molecule has 2 aliphatic rings. The Hall–Kier alpha value is -2.02. The Bertz CT molecular complexity index is 633. The van der Waals surface area contributed by atoms with Gasteiger partial charge in [-0.05, 0) is 30.0 Å². The third-order valence-corrected chi connectivity index (χ3v) is 4.57. The fourth-order valence-corrected chi connectivity index (χ4v) is 3.34. The number of fused-ring (bicyclic) bond motifs is 1. The molecule has 0 saturated carbocycles. The first kappa shape index (κ1) is 16.8. The summed E-state index contributed by atoms with van der Waals surface area (Å²) in [7, 11) is 0. The number of likely N-dealkylation sites (tertiary alicyclic amines) is 1. The van der Waals surface area contributed by atoms with E-state index >= 15 is 0 Å². The van der Waals surface area contributed by atoms with Gasteiger partial charge in [0.2, 0.25) is 0 Å². The van der Waals surface area contributed by atoms with Crippen LogP contribution in [0.1, 0.15) is 15.9 Å². The molecular formula is C17H19F3N2O2.